The predicted octanol–water partition coefficient (Wildman–Crippen LogP) is -2.59. The Bertz CT molecular complexity index is 412. The normalized spacial score (nSPS) is 32.5. The van der Waals surface area contributed by atoms with Gasteiger partial charge in [-0.1, -0.05) is 6.92 Å². The molecule has 0 saturated carbocycles. The smallest absolute Gasteiger partial charge is 0.372 e. The lowest BCUT2D eigenvalue weighted by molar-refractivity contribution is -0.197. The molecule has 0 aromatic carbocycles. The first-order valence-electron chi connectivity index (χ1n) is 6.49. The van der Waals surface area contributed by atoms with Gasteiger partial charge in [-0.2, -0.15) is 0 Å². The van der Waals surface area contributed by atoms with E-state index in [1.54, 1.807) is 6.92 Å². The summed E-state index contributed by atoms with van der Waals surface area (Å²) in [6, 6.07) is -1.14. The maximum absolute atomic E-state index is 11.4. The molecule has 1 fully saturated rings. The monoisotopic (exact) mass is 305 g/mol. The Morgan fingerprint density at radius 2 is 1.76 bits per heavy atom. The number of aliphatic hydroxyl groups is 3. The number of hydrogen-bond acceptors (Lipinski definition) is 7. The van der Waals surface area contributed by atoms with E-state index in [1.165, 1.54) is 0 Å². The van der Waals surface area contributed by atoms with Crippen LogP contribution in [-0.4, -0.2) is 75.2 Å². The van der Waals surface area contributed by atoms with E-state index in [0.717, 1.165) is 0 Å². The van der Waals surface area contributed by atoms with Crippen LogP contribution in [0.3, 0.4) is 0 Å². The second-order valence-electron chi connectivity index (χ2n) is 4.76. The molecule has 1 heterocycles. The molecule has 0 spiro atoms. The molecule has 0 aliphatic carbocycles. The van der Waals surface area contributed by atoms with E-state index in [-0.39, 0.29) is 6.42 Å². The zero-order valence-electron chi connectivity index (χ0n) is 11.4. The SMILES string of the molecule is CCC(=O)N[C@H]1[C@@H](O)[C@H](O)[C@@H](CO)O[C@H]1CC(=O)C(=O)O. The third-order valence-electron chi connectivity index (χ3n) is 3.30. The fraction of sp³-hybridized carbons (Fsp3) is 0.750. The number of ether oxygens (including phenoxy) is 1. The molecule has 1 saturated heterocycles. The van der Waals surface area contributed by atoms with Crippen LogP contribution >= 0.6 is 0 Å². The van der Waals surface area contributed by atoms with E-state index in [2.05, 4.69) is 5.32 Å². The van der Waals surface area contributed by atoms with Crippen molar-refractivity contribution in [2.75, 3.05) is 6.61 Å². The number of carbonyl (C=O) groups excluding carboxylic acids is 2. The van der Waals surface area contributed by atoms with Gasteiger partial charge in [0, 0.05) is 12.8 Å². The average molecular weight is 305 g/mol. The van der Waals surface area contributed by atoms with Crippen molar-refractivity contribution in [2.24, 2.45) is 0 Å². The van der Waals surface area contributed by atoms with Crippen LogP contribution in [0, 0.1) is 0 Å². The fourth-order valence-corrected chi connectivity index (χ4v) is 2.10. The van der Waals surface area contributed by atoms with Crippen molar-refractivity contribution < 1.29 is 39.5 Å². The molecule has 1 amide bonds. The van der Waals surface area contributed by atoms with Gasteiger partial charge >= 0.3 is 5.97 Å². The summed E-state index contributed by atoms with van der Waals surface area (Å²) in [6.07, 6.45) is -5.76. The highest BCUT2D eigenvalue weighted by molar-refractivity contribution is 6.32. The lowest BCUT2D eigenvalue weighted by Gasteiger charge is -2.42. The van der Waals surface area contributed by atoms with Crippen molar-refractivity contribution in [3.05, 3.63) is 0 Å². The minimum absolute atomic E-state index is 0.0995. The Morgan fingerprint density at radius 3 is 2.24 bits per heavy atom. The van der Waals surface area contributed by atoms with Gasteiger partial charge in [-0.05, 0) is 0 Å². The van der Waals surface area contributed by atoms with Crippen LogP contribution in [0.4, 0.5) is 0 Å². The lowest BCUT2D eigenvalue weighted by Crippen LogP contribution is -2.64. The van der Waals surface area contributed by atoms with Crippen LogP contribution in [-0.2, 0) is 19.1 Å². The van der Waals surface area contributed by atoms with Crippen LogP contribution in [0.15, 0.2) is 0 Å². The topological polar surface area (TPSA) is 153 Å². The first-order chi connectivity index (χ1) is 9.81. The van der Waals surface area contributed by atoms with E-state index in [1.807, 2.05) is 0 Å². The summed E-state index contributed by atoms with van der Waals surface area (Å²) in [4.78, 5) is 33.3. The summed E-state index contributed by atoms with van der Waals surface area (Å²) >= 11 is 0. The van der Waals surface area contributed by atoms with Crippen LogP contribution in [0.5, 0.6) is 0 Å². The van der Waals surface area contributed by atoms with Crippen molar-refractivity contribution in [1.82, 2.24) is 5.32 Å². The van der Waals surface area contributed by atoms with E-state index in [0.29, 0.717) is 0 Å². The number of amides is 1. The van der Waals surface area contributed by atoms with Gasteiger partial charge in [-0.3, -0.25) is 9.59 Å². The number of nitrogens with one attached hydrogen (secondary N) is 1. The molecule has 1 aliphatic rings. The number of aliphatic carboxylic acids is 1. The summed E-state index contributed by atoms with van der Waals surface area (Å²) in [5.74, 6) is -3.28. The number of Topliss-reactive ketones (excluding diaryl/α,β-unsaturated/α-hetero) is 1. The van der Waals surface area contributed by atoms with Gasteiger partial charge in [0.1, 0.15) is 18.3 Å². The van der Waals surface area contributed by atoms with Crippen molar-refractivity contribution in [1.29, 1.82) is 0 Å². The lowest BCUT2D eigenvalue weighted by atomic mass is 9.90. The highest BCUT2D eigenvalue weighted by Crippen LogP contribution is 2.23. The van der Waals surface area contributed by atoms with Crippen LogP contribution in [0.25, 0.3) is 0 Å². The molecule has 9 nitrogen and oxygen atoms in total. The fourth-order valence-electron chi connectivity index (χ4n) is 2.10. The molecule has 5 N–H and O–H groups in total. The Hall–Kier alpha value is -1.55. The first kappa shape index (κ1) is 17.5. The van der Waals surface area contributed by atoms with E-state index in [9.17, 15) is 24.6 Å². The van der Waals surface area contributed by atoms with Crippen LogP contribution in [0.1, 0.15) is 19.8 Å². The second kappa shape index (κ2) is 7.46. The molecule has 120 valence electrons. The molecule has 1 aliphatic heterocycles. The van der Waals surface area contributed by atoms with Gasteiger partial charge in [-0.25, -0.2) is 4.79 Å². The van der Waals surface area contributed by atoms with Gasteiger partial charge < -0.3 is 30.5 Å². The van der Waals surface area contributed by atoms with Crippen molar-refractivity contribution in [2.45, 2.75) is 50.2 Å². The molecule has 21 heavy (non-hydrogen) atoms. The number of carboxylic acids is 1. The summed E-state index contributed by atoms with van der Waals surface area (Å²) in [5.41, 5.74) is 0. The van der Waals surface area contributed by atoms with Crippen LogP contribution in [0.2, 0.25) is 0 Å². The summed E-state index contributed by atoms with van der Waals surface area (Å²) in [6.45, 7) is 0.945. The summed E-state index contributed by atoms with van der Waals surface area (Å²) in [7, 11) is 0. The van der Waals surface area contributed by atoms with Gasteiger partial charge in [0.25, 0.3) is 0 Å². The number of ketones is 1. The minimum atomic E-state index is -1.67. The summed E-state index contributed by atoms with van der Waals surface area (Å²) < 4.78 is 5.24. The van der Waals surface area contributed by atoms with Gasteiger partial charge in [0.05, 0.1) is 18.8 Å². The Labute approximate surface area is 120 Å². The molecule has 0 unspecified atom stereocenters. The number of carbonyl (C=O) groups is 3. The Balaban J connectivity index is 2.92. The van der Waals surface area contributed by atoms with Crippen molar-refractivity contribution in [3.8, 4) is 0 Å². The zero-order chi connectivity index (χ0) is 16.2. The zero-order valence-corrected chi connectivity index (χ0v) is 11.4. The number of rotatable bonds is 6. The largest absolute Gasteiger partial charge is 0.475 e. The molecular formula is C12H19NO8. The molecule has 0 bridgehead atoms. The maximum Gasteiger partial charge on any atom is 0.372 e. The highest BCUT2D eigenvalue weighted by Gasteiger charge is 2.45. The quantitative estimate of drug-likeness (QED) is 0.335. The summed E-state index contributed by atoms with van der Waals surface area (Å²) in [5, 5.41) is 39.8. The first-order valence-corrected chi connectivity index (χ1v) is 6.49. The highest BCUT2D eigenvalue weighted by atomic mass is 16.5. The van der Waals surface area contributed by atoms with Gasteiger partial charge in [0.2, 0.25) is 11.7 Å². The molecule has 5 atom stereocenters. The van der Waals surface area contributed by atoms with E-state index in [4.69, 9.17) is 14.9 Å². The minimum Gasteiger partial charge on any atom is -0.475 e. The molecule has 0 aromatic heterocycles. The van der Waals surface area contributed by atoms with Gasteiger partial charge in [-0.15, -0.1) is 0 Å². The molecule has 1 rings (SSSR count). The third-order valence-corrected chi connectivity index (χ3v) is 3.30. The Morgan fingerprint density at radius 1 is 1.14 bits per heavy atom. The van der Waals surface area contributed by atoms with E-state index >= 15 is 0 Å². The van der Waals surface area contributed by atoms with Crippen LogP contribution < -0.4 is 5.32 Å². The molecule has 0 aromatic rings. The standard InChI is InChI=1S/C12H19NO8/c1-2-8(16)13-9-6(3-5(15)12(19)20)21-7(4-14)10(17)11(9)18/h6-7,9-11,14,17-18H,2-4H2,1H3,(H,13,16)(H,19,20)/t6-,7+,9+,10+,11+/m0/s1. The van der Waals surface area contributed by atoms with Gasteiger partial charge in [0.15, 0.2) is 0 Å². The number of aliphatic hydroxyl groups excluding tert-OH is 3. The van der Waals surface area contributed by atoms with Crippen molar-refractivity contribution >= 4 is 17.7 Å². The Kier molecular flexibility index (Phi) is 6.21. The molecule has 9 heteroatoms. The number of hydrogen-bond donors (Lipinski definition) is 5. The average Bonchev–Trinajstić information content (AvgIpc) is 2.45. The predicted molar refractivity (Wildman–Crippen MR) is 67.2 cm³/mol. The molecular weight excluding hydrogens is 286 g/mol. The number of carboxylic acid groups (broad SMARTS) is 1. The third kappa shape index (κ3) is 4.21. The maximum atomic E-state index is 11.4. The molecule has 0 radical (unpaired) electrons. The second-order valence-corrected chi connectivity index (χ2v) is 4.76. The van der Waals surface area contributed by atoms with Crippen molar-refractivity contribution in [3.63, 3.8) is 0 Å². The van der Waals surface area contributed by atoms with E-state index < -0.39 is 61.1 Å².